The van der Waals surface area contributed by atoms with Crippen molar-refractivity contribution in [2.45, 2.75) is 6.42 Å². The molecule has 82 valence electrons. The molecule has 0 aliphatic heterocycles. The minimum Gasteiger partial charge on any atom is -0.497 e. The Morgan fingerprint density at radius 1 is 1.12 bits per heavy atom. The molecule has 0 N–H and O–H groups in total. The first-order valence-corrected chi connectivity index (χ1v) is 5.89. The summed E-state index contributed by atoms with van der Waals surface area (Å²) < 4.78 is 5.16. The topological polar surface area (TPSA) is 9.23 Å². The number of hydrogen-bond donors (Lipinski definition) is 0. The molecule has 16 heavy (non-hydrogen) atoms. The highest BCUT2D eigenvalue weighted by Crippen LogP contribution is 2.49. The molecule has 1 aromatic rings. The highest BCUT2D eigenvalue weighted by molar-refractivity contribution is 6.34. The van der Waals surface area contributed by atoms with Gasteiger partial charge in [0.2, 0.25) is 0 Å². The second-order valence-electron chi connectivity index (χ2n) is 4.32. The van der Waals surface area contributed by atoms with Crippen LogP contribution in [0.3, 0.4) is 0 Å². The number of benzene rings is 1. The standard InChI is InChI=1S/C14H13ClO/c1-16-12-6-4-9(5-7-12)13-10-2-3-11(8-10)14(13)15/h2-7,10-11H,8H2,1H3/t10-,11+/m1/s1. The van der Waals surface area contributed by atoms with Gasteiger partial charge in [-0.1, -0.05) is 35.9 Å². The van der Waals surface area contributed by atoms with Crippen molar-refractivity contribution in [1.82, 2.24) is 0 Å². The summed E-state index contributed by atoms with van der Waals surface area (Å²) in [7, 11) is 1.68. The van der Waals surface area contributed by atoms with Crippen LogP contribution >= 0.6 is 11.6 Å². The monoisotopic (exact) mass is 232 g/mol. The maximum absolute atomic E-state index is 6.38. The zero-order valence-corrected chi connectivity index (χ0v) is 9.87. The predicted octanol–water partition coefficient (Wildman–Crippen LogP) is 3.85. The van der Waals surface area contributed by atoms with E-state index in [2.05, 4.69) is 24.3 Å². The number of halogens is 1. The second-order valence-corrected chi connectivity index (χ2v) is 4.73. The van der Waals surface area contributed by atoms with Gasteiger partial charge < -0.3 is 4.74 Å². The fourth-order valence-electron chi connectivity index (χ4n) is 2.60. The number of hydrogen-bond acceptors (Lipinski definition) is 1. The third-order valence-electron chi connectivity index (χ3n) is 3.44. The molecule has 0 unspecified atom stereocenters. The maximum atomic E-state index is 6.38. The summed E-state index contributed by atoms with van der Waals surface area (Å²) in [4.78, 5) is 0. The van der Waals surface area contributed by atoms with E-state index in [0.717, 1.165) is 17.2 Å². The van der Waals surface area contributed by atoms with Crippen molar-refractivity contribution in [1.29, 1.82) is 0 Å². The summed E-state index contributed by atoms with van der Waals surface area (Å²) in [6, 6.07) is 8.15. The van der Waals surface area contributed by atoms with Gasteiger partial charge in [0.15, 0.2) is 0 Å². The Morgan fingerprint density at radius 2 is 1.81 bits per heavy atom. The van der Waals surface area contributed by atoms with Gasteiger partial charge in [-0.2, -0.15) is 0 Å². The molecule has 0 fully saturated rings. The van der Waals surface area contributed by atoms with Crippen LogP contribution in [0.15, 0.2) is 41.4 Å². The molecule has 0 spiro atoms. The van der Waals surface area contributed by atoms with E-state index in [1.54, 1.807) is 7.11 Å². The molecule has 2 bridgehead atoms. The summed E-state index contributed by atoms with van der Waals surface area (Å²) >= 11 is 6.38. The quantitative estimate of drug-likeness (QED) is 0.704. The Hall–Kier alpha value is -1.21. The molecule has 0 radical (unpaired) electrons. The molecule has 0 aromatic heterocycles. The van der Waals surface area contributed by atoms with Crippen molar-refractivity contribution in [3.63, 3.8) is 0 Å². The molecule has 0 heterocycles. The summed E-state index contributed by atoms with van der Waals surface area (Å²) in [6.45, 7) is 0. The van der Waals surface area contributed by atoms with Crippen LogP contribution in [0.25, 0.3) is 5.57 Å². The molecule has 2 heteroatoms. The number of allylic oxidation sites excluding steroid dienone is 4. The van der Waals surface area contributed by atoms with E-state index in [9.17, 15) is 0 Å². The molecule has 2 atom stereocenters. The van der Waals surface area contributed by atoms with E-state index >= 15 is 0 Å². The average molecular weight is 233 g/mol. The first-order valence-electron chi connectivity index (χ1n) is 5.52. The lowest BCUT2D eigenvalue weighted by atomic mass is 9.95. The highest BCUT2D eigenvalue weighted by Gasteiger charge is 2.34. The van der Waals surface area contributed by atoms with Crippen LogP contribution in [0, 0.1) is 11.8 Å². The van der Waals surface area contributed by atoms with E-state index in [1.165, 1.54) is 11.1 Å². The highest BCUT2D eigenvalue weighted by atomic mass is 35.5. The predicted molar refractivity (Wildman–Crippen MR) is 66.5 cm³/mol. The Morgan fingerprint density at radius 3 is 2.38 bits per heavy atom. The third-order valence-corrected chi connectivity index (χ3v) is 3.92. The van der Waals surface area contributed by atoms with Crippen LogP contribution in [-0.4, -0.2) is 7.11 Å². The molecule has 0 amide bonds. The van der Waals surface area contributed by atoms with Gasteiger partial charge in [0.25, 0.3) is 0 Å². The zero-order chi connectivity index (χ0) is 11.1. The fraction of sp³-hybridized carbons (Fsp3) is 0.286. The largest absolute Gasteiger partial charge is 0.497 e. The molecular formula is C14H13ClO. The van der Waals surface area contributed by atoms with Crippen LogP contribution < -0.4 is 4.74 Å². The molecule has 0 saturated carbocycles. The van der Waals surface area contributed by atoms with Crippen LogP contribution in [0.5, 0.6) is 5.75 Å². The van der Waals surface area contributed by atoms with Crippen molar-refractivity contribution >= 4 is 17.2 Å². The van der Waals surface area contributed by atoms with Gasteiger partial charge in [0.05, 0.1) is 7.11 Å². The SMILES string of the molecule is COc1ccc(C2=C(Cl)[C@H]3C=C[C@@H]2C3)cc1. The summed E-state index contributed by atoms with van der Waals surface area (Å²) in [5.41, 5.74) is 2.53. The first-order chi connectivity index (χ1) is 7.79. The van der Waals surface area contributed by atoms with Crippen molar-refractivity contribution < 1.29 is 4.74 Å². The minimum absolute atomic E-state index is 0.462. The van der Waals surface area contributed by atoms with E-state index in [1.807, 2.05) is 12.1 Å². The van der Waals surface area contributed by atoms with Crippen molar-refractivity contribution in [3.05, 3.63) is 47.0 Å². The lowest BCUT2D eigenvalue weighted by molar-refractivity contribution is 0.415. The molecule has 2 aliphatic carbocycles. The van der Waals surface area contributed by atoms with Gasteiger partial charge in [-0.05, 0) is 29.7 Å². The second kappa shape index (κ2) is 3.67. The van der Waals surface area contributed by atoms with Gasteiger partial charge in [-0.25, -0.2) is 0 Å². The summed E-state index contributed by atoms with van der Waals surface area (Å²) in [5.74, 6) is 1.87. The number of ether oxygens (including phenoxy) is 1. The van der Waals surface area contributed by atoms with Gasteiger partial charge in [0, 0.05) is 16.9 Å². The van der Waals surface area contributed by atoms with E-state index in [-0.39, 0.29) is 0 Å². The van der Waals surface area contributed by atoms with Gasteiger partial charge in [-0.15, -0.1) is 0 Å². The summed E-state index contributed by atoms with van der Waals surface area (Å²) in [5, 5.41) is 1.03. The maximum Gasteiger partial charge on any atom is 0.118 e. The van der Waals surface area contributed by atoms with Gasteiger partial charge in [0.1, 0.15) is 5.75 Å². The molecular weight excluding hydrogens is 220 g/mol. The first kappa shape index (κ1) is 9.98. The van der Waals surface area contributed by atoms with Crippen molar-refractivity contribution in [2.24, 2.45) is 11.8 Å². The Bertz CT molecular complexity index is 470. The van der Waals surface area contributed by atoms with Crippen molar-refractivity contribution in [2.75, 3.05) is 7.11 Å². The van der Waals surface area contributed by atoms with Crippen LogP contribution in [-0.2, 0) is 0 Å². The molecule has 2 aliphatic rings. The minimum atomic E-state index is 0.462. The molecule has 0 saturated heterocycles. The average Bonchev–Trinajstić information content (AvgIpc) is 2.90. The lowest BCUT2D eigenvalue weighted by Crippen LogP contribution is -1.95. The number of fused-ring (bicyclic) bond motifs is 2. The van der Waals surface area contributed by atoms with Gasteiger partial charge >= 0.3 is 0 Å². The Kier molecular flexibility index (Phi) is 2.29. The smallest absolute Gasteiger partial charge is 0.118 e. The van der Waals surface area contributed by atoms with Crippen molar-refractivity contribution in [3.8, 4) is 5.75 Å². The van der Waals surface area contributed by atoms with Crippen LogP contribution in [0.1, 0.15) is 12.0 Å². The molecule has 3 rings (SSSR count). The van der Waals surface area contributed by atoms with E-state index in [0.29, 0.717) is 11.8 Å². The summed E-state index contributed by atoms with van der Waals surface area (Å²) in [6.07, 6.45) is 5.65. The van der Waals surface area contributed by atoms with E-state index in [4.69, 9.17) is 16.3 Å². The normalized spacial score (nSPS) is 26.6. The van der Waals surface area contributed by atoms with Crippen LogP contribution in [0.2, 0.25) is 0 Å². The third kappa shape index (κ3) is 1.39. The van der Waals surface area contributed by atoms with Crippen LogP contribution in [0.4, 0.5) is 0 Å². The Labute approximate surface area is 100 Å². The van der Waals surface area contributed by atoms with E-state index < -0.39 is 0 Å². The number of rotatable bonds is 2. The molecule has 1 aromatic carbocycles. The van der Waals surface area contributed by atoms with Gasteiger partial charge in [-0.3, -0.25) is 0 Å². The Balaban J connectivity index is 1.98. The number of methoxy groups -OCH3 is 1. The molecule has 1 nitrogen and oxygen atoms in total. The lowest BCUT2D eigenvalue weighted by Gasteiger charge is -2.12. The fourth-order valence-corrected chi connectivity index (χ4v) is 3.01. The zero-order valence-electron chi connectivity index (χ0n) is 9.11.